The zero-order chi connectivity index (χ0) is 40.0. The summed E-state index contributed by atoms with van der Waals surface area (Å²) in [4.78, 5) is 35.1. The summed E-state index contributed by atoms with van der Waals surface area (Å²) in [6, 6.07) is 15.1. The average molecular weight is 756 g/mol. The number of carboxylic acids is 1. The fraction of sp³-hybridized carbons (Fsp3) is 0.244. The van der Waals surface area contributed by atoms with E-state index in [1.165, 1.54) is 24.3 Å². The van der Waals surface area contributed by atoms with Gasteiger partial charge in [-0.05, 0) is 81.4 Å². The van der Waals surface area contributed by atoms with E-state index in [2.05, 4.69) is 41.3 Å². The molecule has 2 aliphatic carbocycles. The molecule has 4 aromatic rings. The number of anilines is 2. The van der Waals surface area contributed by atoms with Crippen molar-refractivity contribution in [3.8, 4) is 5.88 Å². The van der Waals surface area contributed by atoms with E-state index < -0.39 is 46.8 Å². The topological polar surface area (TPSA) is 134 Å². The fourth-order valence-corrected chi connectivity index (χ4v) is 6.67. The summed E-state index contributed by atoms with van der Waals surface area (Å²) in [5.74, 6) is -3.46. The molecule has 3 aromatic carbocycles. The van der Waals surface area contributed by atoms with Crippen LogP contribution in [0.15, 0.2) is 90.0 Å². The predicted octanol–water partition coefficient (Wildman–Crippen LogP) is 6.79. The summed E-state index contributed by atoms with van der Waals surface area (Å²) in [6.07, 6.45) is 1.32. The molecule has 0 unspecified atom stereocenters. The lowest BCUT2D eigenvalue weighted by atomic mass is 9.64. The van der Waals surface area contributed by atoms with Gasteiger partial charge in [0.15, 0.2) is 11.4 Å². The van der Waals surface area contributed by atoms with Gasteiger partial charge in [0, 0.05) is 61.1 Å². The Balaban J connectivity index is 1.30. The third kappa shape index (κ3) is 7.70. The van der Waals surface area contributed by atoms with E-state index in [4.69, 9.17) is 10.5 Å². The van der Waals surface area contributed by atoms with Gasteiger partial charge in [0.1, 0.15) is 26.5 Å². The Labute approximate surface area is 315 Å². The fourth-order valence-electron chi connectivity index (χ4n) is 6.67. The first-order valence-corrected chi connectivity index (χ1v) is 17.1. The number of rotatable bonds is 9. The van der Waals surface area contributed by atoms with Crippen molar-refractivity contribution >= 4 is 34.8 Å². The molecule has 4 N–H and O–H groups in total. The zero-order valence-corrected chi connectivity index (χ0v) is 31.0. The SMILES string of the molecule is CN(C)c1ccc2c(c1)C(C)(C)C1=CC(=[N+](C)C)C=CC1=C2c1cc(C(=O)NCc2ccc(COc3cc(C(F)(F)F)nc(N)n3)cc2F)ccc1C(=O)O. The van der Waals surface area contributed by atoms with Crippen LogP contribution in [0.4, 0.5) is 29.2 Å². The molecule has 0 atom stereocenters. The number of benzene rings is 3. The van der Waals surface area contributed by atoms with Gasteiger partial charge in [-0.2, -0.15) is 18.2 Å². The molecule has 0 aliphatic heterocycles. The highest BCUT2D eigenvalue weighted by Crippen LogP contribution is 2.51. The molecule has 0 saturated carbocycles. The molecule has 0 bridgehead atoms. The molecule has 1 heterocycles. The number of alkyl halides is 3. The Hall–Kier alpha value is -6.31. The number of hydrogen-bond donors (Lipinski definition) is 3. The van der Waals surface area contributed by atoms with E-state index in [1.54, 1.807) is 6.07 Å². The number of nitrogens with two attached hydrogens (primary N) is 1. The Kier molecular flexibility index (Phi) is 10.1. The van der Waals surface area contributed by atoms with Gasteiger partial charge in [-0.15, -0.1) is 0 Å². The number of halogens is 4. The van der Waals surface area contributed by atoms with E-state index in [9.17, 15) is 27.9 Å². The second-order valence-corrected chi connectivity index (χ2v) is 14.2. The normalized spacial score (nSPS) is 14.5. The molecule has 0 radical (unpaired) electrons. The molecule has 0 spiro atoms. The number of ether oxygens (including phenoxy) is 1. The van der Waals surface area contributed by atoms with E-state index >= 15 is 4.39 Å². The molecule has 6 rings (SSSR count). The highest BCUT2D eigenvalue weighted by Gasteiger charge is 2.40. The van der Waals surface area contributed by atoms with Crippen LogP contribution in [-0.2, 0) is 24.7 Å². The van der Waals surface area contributed by atoms with Crippen molar-refractivity contribution in [1.29, 1.82) is 0 Å². The van der Waals surface area contributed by atoms with Crippen molar-refractivity contribution in [2.75, 3.05) is 38.8 Å². The van der Waals surface area contributed by atoms with Crippen LogP contribution in [0, 0.1) is 5.82 Å². The number of carbonyl (C=O) groups excluding carboxylic acids is 1. The van der Waals surface area contributed by atoms with Gasteiger partial charge in [-0.3, -0.25) is 4.79 Å². The van der Waals surface area contributed by atoms with Crippen molar-refractivity contribution < 1.29 is 41.6 Å². The number of hydrogen-bond acceptors (Lipinski definition) is 7. The number of amides is 1. The highest BCUT2D eigenvalue weighted by atomic mass is 19.4. The van der Waals surface area contributed by atoms with Crippen LogP contribution in [0.25, 0.3) is 5.57 Å². The molecule has 1 aromatic heterocycles. The smallest absolute Gasteiger partial charge is 0.433 e. The number of nitrogens with zero attached hydrogens (tertiary/aromatic N) is 4. The van der Waals surface area contributed by atoms with Gasteiger partial charge in [-0.25, -0.2) is 18.7 Å². The Morgan fingerprint density at radius 3 is 2.38 bits per heavy atom. The molecule has 2 aliphatic rings. The lowest BCUT2D eigenvalue weighted by molar-refractivity contribution is -0.462. The van der Waals surface area contributed by atoms with Crippen molar-refractivity contribution in [2.24, 2.45) is 0 Å². The number of nitrogen functional groups attached to an aromatic ring is 1. The Morgan fingerprint density at radius 1 is 0.982 bits per heavy atom. The van der Waals surface area contributed by atoms with Crippen LogP contribution in [0.3, 0.4) is 0 Å². The molecular formula is C41H39F4N6O4+. The molecule has 284 valence electrons. The molecule has 55 heavy (non-hydrogen) atoms. The van der Waals surface area contributed by atoms with Crippen LogP contribution >= 0.6 is 0 Å². The number of fused-ring (bicyclic) bond motifs is 2. The summed E-state index contributed by atoms with van der Waals surface area (Å²) < 4.78 is 61.8. The summed E-state index contributed by atoms with van der Waals surface area (Å²) in [5, 5.41) is 13.1. The molecule has 0 saturated heterocycles. The predicted molar refractivity (Wildman–Crippen MR) is 201 cm³/mol. The minimum absolute atomic E-state index is 0.0136. The van der Waals surface area contributed by atoms with Crippen LogP contribution in [0.2, 0.25) is 0 Å². The monoisotopic (exact) mass is 755 g/mol. The third-order valence-corrected chi connectivity index (χ3v) is 9.66. The Bertz CT molecular complexity index is 2370. The third-order valence-electron chi connectivity index (χ3n) is 9.66. The second-order valence-electron chi connectivity index (χ2n) is 14.2. The maximum atomic E-state index is 15.2. The van der Waals surface area contributed by atoms with E-state index in [1.807, 2.05) is 62.0 Å². The number of aromatic carboxylic acids is 1. The van der Waals surface area contributed by atoms with Crippen LogP contribution < -0.4 is 20.7 Å². The second kappa shape index (κ2) is 14.5. The summed E-state index contributed by atoms with van der Waals surface area (Å²) in [5.41, 5.74) is 10.9. The first-order valence-electron chi connectivity index (χ1n) is 17.1. The summed E-state index contributed by atoms with van der Waals surface area (Å²) in [7, 11) is 7.82. The lowest BCUT2D eigenvalue weighted by Gasteiger charge is -2.39. The zero-order valence-electron chi connectivity index (χ0n) is 31.0. The quantitative estimate of drug-likeness (QED) is 0.126. The molecule has 0 fully saturated rings. The van der Waals surface area contributed by atoms with Gasteiger partial charge in [-0.1, -0.05) is 32.0 Å². The van der Waals surface area contributed by atoms with Gasteiger partial charge in [0.05, 0.1) is 5.56 Å². The maximum absolute atomic E-state index is 15.2. The molecule has 10 nitrogen and oxygen atoms in total. The molecular weight excluding hydrogens is 716 g/mol. The minimum atomic E-state index is -4.76. The highest BCUT2D eigenvalue weighted by molar-refractivity contribution is 6.09. The van der Waals surface area contributed by atoms with Crippen molar-refractivity contribution in [3.63, 3.8) is 0 Å². The van der Waals surface area contributed by atoms with Gasteiger partial charge < -0.3 is 25.8 Å². The van der Waals surface area contributed by atoms with Crippen molar-refractivity contribution in [1.82, 2.24) is 15.3 Å². The first-order chi connectivity index (χ1) is 25.8. The minimum Gasteiger partial charge on any atom is -0.478 e. The first kappa shape index (κ1) is 38.4. The van der Waals surface area contributed by atoms with Gasteiger partial charge in [0.25, 0.3) is 5.91 Å². The van der Waals surface area contributed by atoms with Gasteiger partial charge in [0.2, 0.25) is 11.8 Å². The number of carboxylic acid groups (broad SMARTS) is 1. The van der Waals surface area contributed by atoms with E-state index in [0.29, 0.717) is 17.2 Å². The molecule has 1 amide bonds. The van der Waals surface area contributed by atoms with Crippen LogP contribution in [0.5, 0.6) is 5.88 Å². The number of nitrogens with one attached hydrogen (secondary N) is 1. The standard InChI is InChI=1S/C41H38F4N6O4/c1-40(2)31-17-25(50(3)4)10-13-28(31)36(29-14-11-26(51(5)6)18-32(29)40)30-16-23(9-12-27(30)38(53)54)37(52)47-20-24-8-7-22(15-33(24)42)21-55-35-19-34(41(43,44)45)48-39(46)49-35/h7-19H,20-21H2,1-6H3,(H3-,46,47,48,49,52,53,54)/p+1. The molecule has 14 heteroatoms. The summed E-state index contributed by atoms with van der Waals surface area (Å²) in [6.45, 7) is 3.76. The van der Waals surface area contributed by atoms with Crippen molar-refractivity contribution in [2.45, 2.75) is 38.6 Å². The number of carbonyl (C=O) groups is 2. The maximum Gasteiger partial charge on any atom is 0.433 e. The number of allylic oxidation sites excluding steroid dienone is 5. The average Bonchev–Trinajstić information content (AvgIpc) is 3.12. The van der Waals surface area contributed by atoms with Crippen LogP contribution in [0.1, 0.15) is 68.1 Å². The largest absolute Gasteiger partial charge is 0.478 e. The summed E-state index contributed by atoms with van der Waals surface area (Å²) >= 11 is 0. The van der Waals surface area contributed by atoms with Crippen molar-refractivity contribution in [3.05, 3.63) is 140 Å². The lowest BCUT2D eigenvalue weighted by Crippen LogP contribution is -2.31. The van der Waals surface area contributed by atoms with E-state index in [-0.39, 0.29) is 35.4 Å². The Morgan fingerprint density at radius 2 is 1.73 bits per heavy atom. The number of aromatic nitrogens is 2. The van der Waals surface area contributed by atoms with Gasteiger partial charge >= 0.3 is 12.1 Å². The van der Waals surface area contributed by atoms with Crippen LogP contribution in [-0.4, -0.2) is 65.4 Å². The van der Waals surface area contributed by atoms with E-state index in [0.717, 1.165) is 39.7 Å².